The molecule has 1 aromatic rings. The SMILES string of the molecule is O=C(CCC1CCCN(S(=O)(=O)c2ccc(F)cc2)C1)NC1CCCCCC1. The fourth-order valence-electron chi connectivity index (χ4n) is 4.30. The average molecular weight is 411 g/mol. The molecule has 7 heteroatoms. The van der Waals surface area contributed by atoms with E-state index in [9.17, 15) is 17.6 Å². The zero-order valence-electron chi connectivity index (χ0n) is 16.4. The van der Waals surface area contributed by atoms with Gasteiger partial charge in [0, 0.05) is 25.6 Å². The van der Waals surface area contributed by atoms with Crippen molar-refractivity contribution in [1.29, 1.82) is 0 Å². The number of amides is 1. The van der Waals surface area contributed by atoms with Crippen molar-refractivity contribution in [3.8, 4) is 0 Å². The summed E-state index contributed by atoms with van der Waals surface area (Å²) in [6.07, 6.45) is 9.89. The fraction of sp³-hybridized carbons (Fsp3) is 0.667. The molecule has 0 radical (unpaired) electrons. The zero-order chi connectivity index (χ0) is 20.0. The Morgan fingerprint density at radius 1 is 1.04 bits per heavy atom. The quantitative estimate of drug-likeness (QED) is 0.725. The highest BCUT2D eigenvalue weighted by Crippen LogP contribution is 2.26. The first-order valence-corrected chi connectivity index (χ1v) is 11.9. The van der Waals surface area contributed by atoms with E-state index in [1.54, 1.807) is 0 Å². The van der Waals surface area contributed by atoms with Crippen molar-refractivity contribution in [2.24, 2.45) is 5.92 Å². The van der Waals surface area contributed by atoms with E-state index in [1.165, 1.54) is 54.3 Å². The fourth-order valence-corrected chi connectivity index (χ4v) is 5.85. The summed E-state index contributed by atoms with van der Waals surface area (Å²) in [7, 11) is -3.61. The van der Waals surface area contributed by atoms with Crippen LogP contribution in [0.2, 0.25) is 0 Å². The van der Waals surface area contributed by atoms with Crippen LogP contribution in [0.3, 0.4) is 0 Å². The number of carbonyl (C=O) groups is 1. The second-order valence-corrected chi connectivity index (χ2v) is 10.1. The van der Waals surface area contributed by atoms with Crippen LogP contribution in [0.25, 0.3) is 0 Å². The van der Waals surface area contributed by atoms with Gasteiger partial charge < -0.3 is 5.32 Å². The van der Waals surface area contributed by atoms with E-state index in [-0.39, 0.29) is 16.7 Å². The van der Waals surface area contributed by atoms with Gasteiger partial charge in [0.25, 0.3) is 0 Å². The van der Waals surface area contributed by atoms with Crippen LogP contribution in [0.15, 0.2) is 29.2 Å². The molecule has 1 N–H and O–H groups in total. The van der Waals surface area contributed by atoms with Crippen LogP contribution in [-0.4, -0.2) is 37.8 Å². The lowest BCUT2D eigenvalue weighted by molar-refractivity contribution is -0.122. The maximum Gasteiger partial charge on any atom is 0.243 e. The molecule has 0 aromatic heterocycles. The Hall–Kier alpha value is -1.47. The topological polar surface area (TPSA) is 66.5 Å². The molecule has 2 aliphatic rings. The third-order valence-corrected chi connectivity index (χ3v) is 7.81. The molecule has 1 aromatic carbocycles. The number of sulfonamides is 1. The van der Waals surface area contributed by atoms with Crippen molar-refractivity contribution in [3.05, 3.63) is 30.1 Å². The molecule has 5 nitrogen and oxygen atoms in total. The number of benzene rings is 1. The van der Waals surface area contributed by atoms with Crippen molar-refractivity contribution < 1.29 is 17.6 Å². The number of hydrogen-bond acceptors (Lipinski definition) is 3. The third-order valence-electron chi connectivity index (χ3n) is 5.93. The lowest BCUT2D eigenvalue weighted by Gasteiger charge is -2.32. The number of carbonyl (C=O) groups excluding carboxylic acids is 1. The molecule has 1 unspecified atom stereocenters. The van der Waals surface area contributed by atoms with Crippen LogP contribution in [0.4, 0.5) is 4.39 Å². The number of hydrogen-bond donors (Lipinski definition) is 1. The van der Waals surface area contributed by atoms with E-state index in [4.69, 9.17) is 0 Å². The highest BCUT2D eigenvalue weighted by Gasteiger charge is 2.30. The highest BCUT2D eigenvalue weighted by molar-refractivity contribution is 7.89. The summed E-state index contributed by atoms with van der Waals surface area (Å²) in [5.41, 5.74) is 0. The molecule has 1 saturated carbocycles. The van der Waals surface area contributed by atoms with Gasteiger partial charge in [0.1, 0.15) is 5.82 Å². The Balaban J connectivity index is 1.50. The summed E-state index contributed by atoms with van der Waals surface area (Å²) < 4.78 is 40.2. The molecule has 1 heterocycles. The number of rotatable bonds is 6. The van der Waals surface area contributed by atoms with Gasteiger partial charge in [0.2, 0.25) is 15.9 Å². The normalized spacial score (nSPS) is 22.5. The van der Waals surface area contributed by atoms with Gasteiger partial charge in [-0.1, -0.05) is 25.7 Å². The number of nitrogens with one attached hydrogen (secondary N) is 1. The first-order valence-electron chi connectivity index (χ1n) is 10.5. The molecule has 1 amide bonds. The maximum absolute atomic E-state index is 13.1. The first-order chi connectivity index (χ1) is 13.4. The lowest BCUT2D eigenvalue weighted by atomic mass is 9.94. The molecule has 28 heavy (non-hydrogen) atoms. The number of piperidine rings is 1. The number of nitrogens with zero attached hydrogens (tertiary/aromatic N) is 1. The molecular formula is C21H31FN2O3S. The molecule has 1 aliphatic carbocycles. The van der Waals surface area contributed by atoms with Crippen LogP contribution in [0, 0.1) is 11.7 Å². The molecule has 1 aliphatic heterocycles. The predicted molar refractivity (Wildman–Crippen MR) is 107 cm³/mol. The van der Waals surface area contributed by atoms with Crippen LogP contribution in [0.1, 0.15) is 64.2 Å². The minimum Gasteiger partial charge on any atom is -0.353 e. The Morgan fingerprint density at radius 2 is 1.71 bits per heavy atom. The summed E-state index contributed by atoms with van der Waals surface area (Å²) in [4.78, 5) is 12.4. The Bertz CT molecular complexity index is 743. The Labute approximate surface area is 167 Å². The second kappa shape index (κ2) is 9.83. The first kappa shape index (κ1) is 21.2. The molecule has 0 spiro atoms. The van der Waals surface area contributed by atoms with Crippen LogP contribution >= 0.6 is 0 Å². The largest absolute Gasteiger partial charge is 0.353 e. The van der Waals surface area contributed by atoms with E-state index >= 15 is 0 Å². The molecule has 1 saturated heterocycles. The van der Waals surface area contributed by atoms with Gasteiger partial charge in [-0.05, 0) is 62.3 Å². The standard InChI is InChI=1S/C21H31FN2O3S/c22-18-10-12-20(13-11-18)28(26,27)24-15-5-6-17(16-24)9-14-21(25)23-19-7-3-1-2-4-8-19/h10-13,17,19H,1-9,14-16H2,(H,23,25). The van der Waals surface area contributed by atoms with E-state index in [0.717, 1.165) is 25.7 Å². The molecule has 2 fully saturated rings. The lowest BCUT2D eigenvalue weighted by Crippen LogP contribution is -2.40. The van der Waals surface area contributed by atoms with Crippen molar-refractivity contribution >= 4 is 15.9 Å². The zero-order valence-corrected chi connectivity index (χ0v) is 17.2. The smallest absolute Gasteiger partial charge is 0.243 e. The van der Waals surface area contributed by atoms with Crippen molar-refractivity contribution in [2.45, 2.75) is 75.1 Å². The van der Waals surface area contributed by atoms with Gasteiger partial charge in [-0.15, -0.1) is 0 Å². The molecule has 1 atom stereocenters. The Kier molecular flexibility index (Phi) is 7.46. The maximum atomic E-state index is 13.1. The van der Waals surface area contributed by atoms with E-state index in [1.807, 2.05) is 0 Å². The van der Waals surface area contributed by atoms with Crippen molar-refractivity contribution in [1.82, 2.24) is 9.62 Å². The van der Waals surface area contributed by atoms with Crippen molar-refractivity contribution in [2.75, 3.05) is 13.1 Å². The second-order valence-electron chi connectivity index (χ2n) is 8.12. The monoisotopic (exact) mass is 410 g/mol. The van der Waals surface area contributed by atoms with Gasteiger partial charge in [-0.25, -0.2) is 12.8 Å². The van der Waals surface area contributed by atoms with Gasteiger partial charge in [0.15, 0.2) is 0 Å². The molecule has 0 bridgehead atoms. The minimum absolute atomic E-state index is 0.0883. The summed E-state index contributed by atoms with van der Waals surface area (Å²) >= 11 is 0. The molecular weight excluding hydrogens is 379 g/mol. The summed E-state index contributed by atoms with van der Waals surface area (Å²) in [6.45, 7) is 0.904. The van der Waals surface area contributed by atoms with Gasteiger partial charge in [-0.3, -0.25) is 4.79 Å². The molecule has 156 valence electrons. The average Bonchev–Trinajstić information content (AvgIpc) is 2.95. The van der Waals surface area contributed by atoms with Gasteiger partial charge in [-0.2, -0.15) is 4.31 Å². The predicted octanol–water partition coefficient (Wildman–Crippen LogP) is 3.85. The van der Waals surface area contributed by atoms with Gasteiger partial charge in [0.05, 0.1) is 4.90 Å². The summed E-state index contributed by atoms with van der Waals surface area (Å²) in [5.74, 6) is -0.176. The van der Waals surface area contributed by atoms with E-state index in [2.05, 4.69) is 5.32 Å². The summed E-state index contributed by atoms with van der Waals surface area (Å²) in [6, 6.07) is 5.28. The highest BCUT2D eigenvalue weighted by atomic mass is 32.2. The third kappa shape index (κ3) is 5.77. The number of halogens is 1. The van der Waals surface area contributed by atoms with Gasteiger partial charge >= 0.3 is 0 Å². The van der Waals surface area contributed by atoms with Crippen LogP contribution < -0.4 is 5.32 Å². The van der Waals surface area contributed by atoms with Crippen molar-refractivity contribution in [3.63, 3.8) is 0 Å². The van der Waals surface area contributed by atoms with Crippen LogP contribution in [0.5, 0.6) is 0 Å². The van der Waals surface area contributed by atoms with E-state index < -0.39 is 15.8 Å². The molecule has 3 rings (SSSR count). The summed E-state index contributed by atoms with van der Waals surface area (Å²) in [5, 5.41) is 3.16. The Morgan fingerprint density at radius 3 is 2.39 bits per heavy atom. The minimum atomic E-state index is -3.61. The van der Waals surface area contributed by atoms with E-state index in [0.29, 0.717) is 32.0 Å². The van der Waals surface area contributed by atoms with Crippen LogP contribution in [-0.2, 0) is 14.8 Å².